The number of benzene rings is 2. The van der Waals surface area contributed by atoms with Crippen molar-refractivity contribution in [2.75, 3.05) is 6.54 Å². The van der Waals surface area contributed by atoms with Crippen LogP contribution >= 0.6 is 0 Å². The fourth-order valence-electron chi connectivity index (χ4n) is 2.43. The normalized spacial score (nSPS) is 12.0. The molecule has 0 aliphatic heterocycles. The summed E-state index contributed by atoms with van der Waals surface area (Å²) in [6, 6.07) is 16.3. The van der Waals surface area contributed by atoms with E-state index in [1.165, 1.54) is 12.1 Å². The van der Waals surface area contributed by atoms with Gasteiger partial charge in [0, 0.05) is 13.0 Å². The number of hydrogen-bond acceptors (Lipinski definition) is 2. The lowest BCUT2D eigenvalue weighted by molar-refractivity contribution is -0.121. The van der Waals surface area contributed by atoms with Crippen LogP contribution < -0.4 is 10.1 Å². The lowest BCUT2D eigenvalue weighted by Crippen LogP contribution is -2.26. The molecule has 0 aliphatic carbocycles. The van der Waals surface area contributed by atoms with Crippen molar-refractivity contribution < 1.29 is 18.3 Å². The lowest BCUT2D eigenvalue weighted by Gasteiger charge is -2.12. The van der Waals surface area contributed by atoms with Crippen LogP contribution in [-0.4, -0.2) is 19.1 Å². The minimum atomic E-state index is -2.82. The van der Waals surface area contributed by atoms with E-state index >= 15 is 0 Å². The number of carbonyl (C=O) groups excluding carboxylic acids is 1. The van der Waals surface area contributed by atoms with Crippen molar-refractivity contribution in [3.8, 4) is 5.75 Å². The largest absolute Gasteiger partial charge is 0.435 e. The van der Waals surface area contributed by atoms with Crippen molar-refractivity contribution >= 4 is 5.91 Å². The zero-order valence-corrected chi connectivity index (χ0v) is 13.5. The SMILES string of the molecule is CC(CC(=O)NCCc1ccc(OC(F)F)cc1)c1ccccc1. The molecule has 0 saturated heterocycles. The first-order valence-electron chi connectivity index (χ1n) is 7.90. The van der Waals surface area contributed by atoms with Gasteiger partial charge in [-0.3, -0.25) is 4.79 Å². The van der Waals surface area contributed by atoms with E-state index in [4.69, 9.17) is 0 Å². The summed E-state index contributed by atoms with van der Waals surface area (Å²) in [5.74, 6) is 0.301. The van der Waals surface area contributed by atoms with Crippen LogP contribution in [0.2, 0.25) is 0 Å². The topological polar surface area (TPSA) is 38.3 Å². The number of nitrogens with one attached hydrogen (secondary N) is 1. The number of halogens is 2. The molecule has 128 valence electrons. The minimum absolute atomic E-state index is 0.00371. The predicted molar refractivity (Wildman–Crippen MR) is 89.3 cm³/mol. The Hall–Kier alpha value is -2.43. The summed E-state index contributed by atoms with van der Waals surface area (Å²) in [6.45, 7) is -0.284. The zero-order chi connectivity index (χ0) is 17.4. The number of alkyl halides is 2. The van der Waals surface area contributed by atoms with Crippen LogP contribution in [-0.2, 0) is 11.2 Å². The van der Waals surface area contributed by atoms with Crippen molar-refractivity contribution in [1.82, 2.24) is 5.32 Å². The number of amides is 1. The van der Waals surface area contributed by atoms with Gasteiger partial charge in [-0.05, 0) is 35.6 Å². The molecule has 0 aromatic heterocycles. The summed E-state index contributed by atoms with van der Waals surface area (Å²) >= 11 is 0. The summed E-state index contributed by atoms with van der Waals surface area (Å²) in [5.41, 5.74) is 2.09. The van der Waals surface area contributed by atoms with Gasteiger partial charge < -0.3 is 10.1 Å². The van der Waals surface area contributed by atoms with Gasteiger partial charge in [-0.15, -0.1) is 0 Å². The highest BCUT2D eigenvalue weighted by molar-refractivity contribution is 5.76. The van der Waals surface area contributed by atoms with Gasteiger partial charge in [0.15, 0.2) is 0 Å². The maximum Gasteiger partial charge on any atom is 0.387 e. The summed E-state index contributed by atoms with van der Waals surface area (Å²) in [4.78, 5) is 12.0. The number of ether oxygens (including phenoxy) is 1. The van der Waals surface area contributed by atoms with E-state index in [0.717, 1.165) is 11.1 Å². The second-order valence-electron chi connectivity index (χ2n) is 5.64. The van der Waals surface area contributed by atoms with Gasteiger partial charge in [-0.2, -0.15) is 8.78 Å². The van der Waals surface area contributed by atoms with Crippen molar-refractivity contribution in [2.45, 2.75) is 32.3 Å². The third-order valence-electron chi connectivity index (χ3n) is 3.74. The van der Waals surface area contributed by atoms with Crippen LogP contribution in [0.3, 0.4) is 0 Å². The van der Waals surface area contributed by atoms with Crippen LogP contribution in [0.4, 0.5) is 8.78 Å². The predicted octanol–water partition coefficient (Wildman–Crippen LogP) is 4.14. The molecule has 0 heterocycles. The van der Waals surface area contributed by atoms with Crippen molar-refractivity contribution in [2.24, 2.45) is 0 Å². The van der Waals surface area contributed by atoms with E-state index in [1.807, 2.05) is 37.3 Å². The molecule has 1 atom stereocenters. The van der Waals surface area contributed by atoms with Gasteiger partial charge >= 0.3 is 6.61 Å². The van der Waals surface area contributed by atoms with Gasteiger partial charge in [0.05, 0.1) is 0 Å². The fourth-order valence-corrected chi connectivity index (χ4v) is 2.43. The third kappa shape index (κ3) is 5.99. The Kier molecular flexibility index (Phi) is 6.73. The first-order valence-corrected chi connectivity index (χ1v) is 7.90. The van der Waals surface area contributed by atoms with E-state index in [-0.39, 0.29) is 17.6 Å². The van der Waals surface area contributed by atoms with E-state index in [9.17, 15) is 13.6 Å². The quantitative estimate of drug-likeness (QED) is 0.788. The Balaban J connectivity index is 1.72. The highest BCUT2D eigenvalue weighted by Gasteiger charge is 2.10. The Morgan fingerprint density at radius 2 is 1.75 bits per heavy atom. The average molecular weight is 333 g/mol. The summed E-state index contributed by atoms with van der Waals surface area (Å²) in [7, 11) is 0. The van der Waals surface area contributed by atoms with Gasteiger partial charge in [-0.25, -0.2) is 0 Å². The Morgan fingerprint density at radius 3 is 2.38 bits per heavy atom. The molecule has 0 aliphatic rings. The number of hydrogen-bond donors (Lipinski definition) is 1. The lowest BCUT2D eigenvalue weighted by atomic mass is 9.97. The molecule has 0 radical (unpaired) electrons. The van der Waals surface area contributed by atoms with Gasteiger partial charge in [0.1, 0.15) is 5.75 Å². The van der Waals surface area contributed by atoms with Crippen LogP contribution in [0.15, 0.2) is 54.6 Å². The summed E-state index contributed by atoms with van der Waals surface area (Å²) in [5, 5.41) is 2.89. The number of carbonyl (C=O) groups is 1. The molecule has 0 saturated carbocycles. The molecule has 2 aromatic rings. The van der Waals surface area contributed by atoms with E-state index in [0.29, 0.717) is 19.4 Å². The second-order valence-corrected chi connectivity index (χ2v) is 5.64. The standard InChI is InChI=1S/C19H21F2NO2/c1-14(16-5-3-2-4-6-16)13-18(23)22-12-11-15-7-9-17(10-8-15)24-19(20)21/h2-10,14,19H,11-13H2,1H3,(H,22,23). The highest BCUT2D eigenvalue weighted by atomic mass is 19.3. The van der Waals surface area contributed by atoms with Crippen LogP contribution in [0.25, 0.3) is 0 Å². The zero-order valence-electron chi connectivity index (χ0n) is 13.5. The minimum Gasteiger partial charge on any atom is -0.435 e. The van der Waals surface area contributed by atoms with E-state index < -0.39 is 6.61 Å². The molecule has 5 heteroatoms. The summed E-state index contributed by atoms with van der Waals surface area (Å²) in [6.07, 6.45) is 1.07. The maximum atomic E-state index is 12.1. The van der Waals surface area contributed by atoms with Crippen LogP contribution in [0.1, 0.15) is 30.4 Å². The van der Waals surface area contributed by atoms with Gasteiger partial charge in [-0.1, -0.05) is 49.4 Å². The monoisotopic (exact) mass is 333 g/mol. The van der Waals surface area contributed by atoms with Gasteiger partial charge in [0.25, 0.3) is 0 Å². The molecule has 0 spiro atoms. The van der Waals surface area contributed by atoms with Crippen molar-refractivity contribution in [3.05, 3.63) is 65.7 Å². The molecule has 1 N–H and O–H groups in total. The highest BCUT2D eigenvalue weighted by Crippen LogP contribution is 2.18. The molecule has 2 aromatic carbocycles. The Morgan fingerprint density at radius 1 is 1.08 bits per heavy atom. The molecule has 0 bridgehead atoms. The Labute approximate surface area is 140 Å². The van der Waals surface area contributed by atoms with E-state index in [1.54, 1.807) is 12.1 Å². The smallest absolute Gasteiger partial charge is 0.387 e. The molecule has 2 rings (SSSR count). The second kappa shape index (κ2) is 9.01. The average Bonchev–Trinajstić information content (AvgIpc) is 2.57. The van der Waals surface area contributed by atoms with Gasteiger partial charge in [0.2, 0.25) is 5.91 Å². The van der Waals surface area contributed by atoms with Crippen molar-refractivity contribution in [1.29, 1.82) is 0 Å². The molecule has 3 nitrogen and oxygen atoms in total. The molecule has 1 amide bonds. The third-order valence-corrected chi connectivity index (χ3v) is 3.74. The molecular formula is C19H21F2NO2. The fraction of sp³-hybridized carbons (Fsp3) is 0.316. The van der Waals surface area contributed by atoms with Crippen LogP contribution in [0.5, 0.6) is 5.75 Å². The number of rotatable bonds is 8. The summed E-state index contributed by atoms with van der Waals surface area (Å²) < 4.78 is 28.4. The first kappa shape index (κ1) is 17.9. The molecule has 24 heavy (non-hydrogen) atoms. The first-order chi connectivity index (χ1) is 11.5. The van der Waals surface area contributed by atoms with Crippen LogP contribution in [0, 0.1) is 0 Å². The Bertz CT molecular complexity index is 630. The molecule has 0 fully saturated rings. The maximum absolute atomic E-state index is 12.1. The molecular weight excluding hydrogens is 312 g/mol. The van der Waals surface area contributed by atoms with E-state index in [2.05, 4.69) is 10.1 Å². The molecule has 1 unspecified atom stereocenters. The van der Waals surface area contributed by atoms with Crippen molar-refractivity contribution in [3.63, 3.8) is 0 Å².